The molecule has 33 heavy (non-hydrogen) atoms. The molecule has 1 aromatic heterocycles. The van der Waals surface area contributed by atoms with Gasteiger partial charge in [0.2, 0.25) is 0 Å². The number of fused-ring (bicyclic) bond motifs is 1. The topological polar surface area (TPSA) is 36.4 Å². The fourth-order valence-electron chi connectivity index (χ4n) is 3.08. The Bertz CT molecular complexity index is 1160. The second-order valence-electron chi connectivity index (χ2n) is 7.62. The van der Waals surface area contributed by atoms with Gasteiger partial charge in [-0.3, -0.25) is 9.69 Å². The van der Waals surface area contributed by atoms with Crippen LogP contribution in [-0.2, 0) is 12.4 Å². The highest BCUT2D eigenvalue weighted by Gasteiger charge is 2.38. The van der Waals surface area contributed by atoms with Gasteiger partial charge in [-0.25, -0.2) is 4.98 Å². The number of hydrogen-bond donors (Lipinski definition) is 0. The maximum Gasteiger partial charge on any atom is 0.416 e. The Kier molecular flexibility index (Phi) is 6.97. The third kappa shape index (κ3) is 5.77. The number of nitrogens with zero attached hydrogens (tertiary/aromatic N) is 3. The SMILES string of the molecule is Cc1cc(Cl)cc2sc(N(CCN(C)C)C(=O)c3cc(C(F)(F)F)cc(C(F)(F)F)c3)nc12. The average molecular weight is 510 g/mol. The van der Waals surface area contributed by atoms with Crippen molar-refractivity contribution in [3.05, 3.63) is 57.6 Å². The number of thiazole rings is 1. The quantitative estimate of drug-likeness (QED) is 0.368. The van der Waals surface area contributed by atoms with Gasteiger partial charge in [-0.15, -0.1) is 0 Å². The van der Waals surface area contributed by atoms with E-state index in [2.05, 4.69) is 4.98 Å². The normalized spacial score (nSPS) is 12.6. The van der Waals surface area contributed by atoms with Gasteiger partial charge in [-0.05, 0) is 56.9 Å². The van der Waals surface area contributed by atoms with Crippen molar-refractivity contribution in [1.29, 1.82) is 0 Å². The number of halogens is 7. The van der Waals surface area contributed by atoms with Crippen LogP contribution in [0.2, 0.25) is 5.02 Å². The second kappa shape index (κ2) is 9.11. The molecular formula is C21H18ClF6N3OS. The van der Waals surface area contributed by atoms with Crippen molar-refractivity contribution < 1.29 is 31.1 Å². The van der Waals surface area contributed by atoms with Crippen LogP contribution < -0.4 is 4.90 Å². The molecule has 0 N–H and O–H groups in total. The zero-order valence-electron chi connectivity index (χ0n) is 17.6. The number of carbonyl (C=O) groups is 1. The van der Waals surface area contributed by atoms with E-state index in [1.807, 2.05) is 0 Å². The van der Waals surface area contributed by atoms with Crippen LogP contribution in [0.4, 0.5) is 31.5 Å². The van der Waals surface area contributed by atoms with E-state index in [0.717, 1.165) is 21.8 Å². The lowest BCUT2D eigenvalue weighted by Gasteiger charge is -2.23. The second-order valence-corrected chi connectivity index (χ2v) is 9.07. The van der Waals surface area contributed by atoms with Crippen LogP contribution in [-0.4, -0.2) is 43.0 Å². The Balaban J connectivity index is 2.14. The summed E-state index contributed by atoms with van der Waals surface area (Å²) in [4.78, 5) is 20.5. The number of aromatic nitrogens is 1. The van der Waals surface area contributed by atoms with Crippen LogP contribution in [0.1, 0.15) is 27.0 Å². The molecule has 0 bridgehead atoms. The number of amides is 1. The summed E-state index contributed by atoms with van der Waals surface area (Å²) < 4.78 is 80.3. The highest BCUT2D eigenvalue weighted by molar-refractivity contribution is 7.22. The number of anilines is 1. The fourth-order valence-corrected chi connectivity index (χ4v) is 4.52. The van der Waals surface area contributed by atoms with Crippen molar-refractivity contribution >= 4 is 44.2 Å². The van der Waals surface area contributed by atoms with Gasteiger partial charge in [0.25, 0.3) is 5.91 Å². The minimum atomic E-state index is -5.06. The molecule has 0 radical (unpaired) electrons. The number of benzene rings is 2. The molecule has 0 saturated carbocycles. The number of aryl methyl sites for hydroxylation is 1. The summed E-state index contributed by atoms with van der Waals surface area (Å²) in [5.41, 5.74) is -2.58. The first kappa shape index (κ1) is 25.3. The molecule has 0 saturated heterocycles. The lowest BCUT2D eigenvalue weighted by molar-refractivity contribution is -0.143. The van der Waals surface area contributed by atoms with Gasteiger partial charge in [0.1, 0.15) is 0 Å². The van der Waals surface area contributed by atoms with Crippen molar-refractivity contribution in [2.45, 2.75) is 19.3 Å². The summed E-state index contributed by atoms with van der Waals surface area (Å²) in [5, 5.41) is 0.585. The van der Waals surface area contributed by atoms with E-state index in [1.165, 1.54) is 0 Å². The van der Waals surface area contributed by atoms with E-state index in [-0.39, 0.29) is 17.7 Å². The summed E-state index contributed by atoms with van der Waals surface area (Å²) in [6.45, 7) is 2.05. The van der Waals surface area contributed by atoms with Crippen LogP contribution in [0.5, 0.6) is 0 Å². The van der Waals surface area contributed by atoms with Crippen LogP contribution >= 0.6 is 22.9 Å². The number of alkyl halides is 6. The molecular weight excluding hydrogens is 492 g/mol. The van der Waals surface area contributed by atoms with Crippen molar-refractivity contribution in [2.24, 2.45) is 0 Å². The highest BCUT2D eigenvalue weighted by Crippen LogP contribution is 2.38. The number of carbonyl (C=O) groups excluding carboxylic acids is 1. The van der Waals surface area contributed by atoms with Crippen molar-refractivity contribution in [3.63, 3.8) is 0 Å². The Labute approximate surface area is 194 Å². The first-order valence-electron chi connectivity index (χ1n) is 9.49. The molecule has 3 aromatic rings. The predicted octanol–water partition coefficient (Wildman–Crippen LogP) is 6.50. The number of hydrogen-bond acceptors (Lipinski definition) is 4. The third-order valence-corrected chi connectivity index (χ3v) is 5.96. The summed E-state index contributed by atoms with van der Waals surface area (Å²) in [6.07, 6.45) is -10.1. The van der Waals surface area contributed by atoms with Crippen LogP contribution in [0.15, 0.2) is 30.3 Å². The van der Waals surface area contributed by atoms with Crippen LogP contribution in [0.3, 0.4) is 0 Å². The van der Waals surface area contributed by atoms with E-state index in [4.69, 9.17) is 11.6 Å². The molecule has 0 spiro atoms. The first-order chi connectivity index (χ1) is 15.2. The summed E-state index contributed by atoms with van der Waals surface area (Å²) in [7, 11) is 3.44. The van der Waals surface area contributed by atoms with Gasteiger partial charge in [0.15, 0.2) is 5.13 Å². The van der Waals surface area contributed by atoms with Crippen molar-refractivity contribution in [1.82, 2.24) is 9.88 Å². The van der Waals surface area contributed by atoms with Gasteiger partial charge < -0.3 is 4.90 Å². The van der Waals surface area contributed by atoms with Crippen LogP contribution in [0.25, 0.3) is 10.2 Å². The van der Waals surface area contributed by atoms with Gasteiger partial charge in [-0.2, -0.15) is 26.3 Å². The molecule has 2 aromatic carbocycles. The molecule has 3 rings (SSSR count). The van der Waals surface area contributed by atoms with Gasteiger partial charge in [0, 0.05) is 23.7 Å². The molecule has 0 aliphatic carbocycles. The highest BCUT2D eigenvalue weighted by atomic mass is 35.5. The maximum absolute atomic E-state index is 13.3. The number of likely N-dealkylation sites (N-methyl/N-ethyl adjacent to an activating group) is 1. The minimum absolute atomic E-state index is 0.00394. The summed E-state index contributed by atoms with van der Waals surface area (Å²) in [6, 6.07) is 4.14. The predicted molar refractivity (Wildman–Crippen MR) is 116 cm³/mol. The summed E-state index contributed by atoms with van der Waals surface area (Å²) in [5.74, 6) is -1.02. The lowest BCUT2D eigenvalue weighted by atomic mass is 10.0. The van der Waals surface area contributed by atoms with E-state index < -0.39 is 35.0 Å². The Morgan fingerprint density at radius 3 is 2.06 bits per heavy atom. The first-order valence-corrected chi connectivity index (χ1v) is 10.7. The molecule has 1 amide bonds. The fraction of sp³-hybridized carbons (Fsp3) is 0.333. The van der Waals surface area contributed by atoms with Crippen molar-refractivity contribution in [2.75, 3.05) is 32.1 Å². The molecule has 0 aliphatic rings. The molecule has 0 fully saturated rings. The molecule has 1 heterocycles. The molecule has 4 nitrogen and oxygen atoms in total. The lowest BCUT2D eigenvalue weighted by Crippen LogP contribution is -2.37. The van der Waals surface area contributed by atoms with Gasteiger partial charge in [0.05, 0.1) is 21.3 Å². The largest absolute Gasteiger partial charge is 0.416 e. The van der Waals surface area contributed by atoms with E-state index >= 15 is 0 Å². The smallest absolute Gasteiger partial charge is 0.308 e. The number of rotatable bonds is 5. The molecule has 0 atom stereocenters. The van der Waals surface area contributed by atoms with Gasteiger partial charge >= 0.3 is 12.4 Å². The zero-order chi connectivity index (χ0) is 24.7. The Morgan fingerprint density at radius 1 is 0.970 bits per heavy atom. The van der Waals surface area contributed by atoms with E-state index in [9.17, 15) is 31.1 Å². The monoisotopic (exact) mass is 509 g/mol. The summed E-state index contributed by atoms with van der Waals surface area (Å²) >= 11 is 7.15. The Hall–Kier alpha value is -2.37. The standard InChI is InChI=1S/C21H18ClF6N3OS/c1-11-6-15(22)10-16-17(11)29-19(33-16)31(5-4-30(2)3)18(32)12-7-13(20(23,24)25)9-14(8-12)21(26,27)28/h6-10H,4-5H2,1-3H3. The van der Waals surface area contributed by atoms with E-state index in [1.54, 1.807) is 38.1 Å². The maximum atomic E-state index is 13.3. The zero-order valence-corrected chi connectivity index (χ0v) is 19.2. The third-order valence-electron chi connectivity index (χ3n) is 4.72. The average Bonchev–Trinajstić information content (AvgIpc) is 3.10. The molecule has 178 valence electrons. The van der Waals surface area contributed by atoms with Crippen LogP contribution in [0, 0.1) is 6.92 Å². The van der Waals surface area contributed by atoms with E-state index in [0.29, 0.717) is 33.9 Å². The molecule has 0 unspecified atom stereocenters. The van der Waals surface area contributed by atoms with Gasteiger partial charge in [-0.1, -0.05) is 22.9 Å². The molecule has 0 aliphatic heterocycles. The minimum Gasteiger partial charge on any atom is -0.308 e. The van der Waals surface area contributed by atoms with Crippen molar-refractivity contribution in [3.8, 4) is 0 Å². The Morgan fingerprint density at radius 2 is 1.55 bits per heavy atom. The molecule has 12 heteroatoms.